The SMILES string of the molecule is CC1CCOC1C(=O)N(C)c1cc(Cl)ccc1N. The Balaban J connectivity index is 2.22. The van der Waals surface area contributed by atoms with Crippen molar-refractivity contribution in [3.63, 3.8) is 0 Å². The number of nitrogen functional groups attached to an aromatic ring is 1. The quantitative estimate of drug-likeness (QED) is 0.838. The van der Waals surface area contributed by atoms with E-state index < -0.39 is 0 Å². The van der Waals surface area contributed by atoms with Crippen molar-refractivity contribution in [3.05, 3.63) is 23.2 Å². The van der Waals surface area contributed by atoms with Crippen molar-refractivity contribution in [3.8, 4) is 0 Å². The van der Waals surface area contributed by atoms with Crippen molar-refractivity contribution in [2.24, 2.45) is 5.92 Å². The number of anilines is 2. The fourth-order valence-electron chi connectivity index (χ4n) is 2.13. The Kier molecular flexibility index (Phi) is 3.78. The number of ether oxygens (including phenoxy) is 1. The van der Waals surface area contributed by atoms with Crippen LogP contribution in [0.3, 0.4) is 0 Å². The summed E-state index contributed by atoms with van der Waals surface area (Å²) in [5.74, 6) is 0.161. The summed E-state index contributed by atoms with van der Waals surface area (Å²) in [5, 5.41) is 0.555. The minimum Gasteiger partial charge on any atom is -0.397 e. The van der Waals surface area contributed by atoms with Crippen LogP contribution in [0.2, 0.25) is 5.02 Å². The zero-order valence-corrected chi connectivity index (χ0v) is 11.3. The molecule has 0 spiro atoms. The highest BCUT2D eigenvalue weighted by molar-refractivity contribution is 6.31. The molecule has 0 bridgehead atoms. The number of nitrogens with zero attached hydrogens (tertiary/aromatic N) is 1. The molecule has 1 aliphatic rings. The summed E-state index contributed by atoms with van der Waals surface area (Å²) in [6.45, 7) is 2.65. The van der Waals surface area contributed by atoms with Crippen molar-refractivity contribution in [1.29, 1.82) is 0 Å². The van der Waals surface area contributed by atoms with Crippen LogP contribution in [-0.4, -0.2) is 25.7 Å². The highest BCUT2D eigenvalue weighted by atomic mass is 35.5. The summed E-state index contributed by atoms with van der Waals surface area (Å²) in [4.78, 5) is 13.8. The number of nitrogens with two attached hydrogens (primary N) is 1. The van der Waals surface area contributed by atoms with Crippen LogP contribution in [0.25, 0.3) is 0 Å². The second-order valence-corrected chi connectivity index (χ2v) is 5.09. The summed E-state index contributed by atoms with van der Waals surface area (Å²) in [5.41, 5.74) is 7.02. The molecule has 2 rings (SSSR count). The molecule has 0 radical (unpaired) electrons. The van der Waals surface area contributed by atoms with Gasteiger partial charge in [0.05, 0.1) is 11.4 Å². The average Bonchev–Trinajstić information content (AvgIpc) is 2.77. The van der Waals surface area contributed by atoms with Gasteiger partial charge in [-0.15, -0.1) is 0 Å². The Labute approximate surface area is 112 Å². The third kappa shape index (κ3) is 2.44. The smallest absolute Gasteiger partial charge is 0.256 e. The van der Waals surface area contributed by atoms with E-state index in [1.807, 2.05) is 6.92 Å². The van der Waals surface area contributed by atoms with Crippen LogP contribution in [0.4, 0.5) is 11.4 Å². The lowest BCUT2D eigenvalue weighted by atomic mass is 10.0. The molecule has 1 aromatic rings. The number of hydrogen-bond donors (Lipinski definition) is 1. The Bertz CT molecular complexity index is 464. The zero-order chi connectivity index (χ0) is 13.3. The molecule has 1 saturated heterocycles. The predicted octanol–water partition coefficient (Wildman–Crippen LogP) is 2.31. The fraction of sp³-hybridized carbons (Fsp3) is 0.462. The van der Waals surface area contributed by atoms with Crippen molar-refractivity contribution in [1.82, 2.24) is 0 Å². The van der Waals surface area contributed by atoms with Gasteiger partial charge in [0, 0.05) is 18.7 Å². The molecule has 1 amide bonds. The summed E-state index contributed by atoms with van der Waals surface area (Å²) >= 11 is 5.93. The third-order valence-corrected chi connectivity index (χ3v) is 3.55. The minimum atomic E-state index is -0.381. The first-order valence-corrected chi connectivity index (χ1v) is 6.32. The first-order chi connectivity index (χ1) is 8.50. The van der Waals surface area contributed by atoms with Crippen molar-refractivity contribution in [2.45, 2.75) is 19.4 Å². The number of rotatable bonds is 2. The molecule has 1 heterocycles. The van der Waals surface area contributed by atoms with Gasteiger partial charge in [-0.3, -0.25) is 4.79 Å². The Morgan fingerprint density at radius 1 is 1.56 bits per heavy atom. The monoisotopic (exact) mass is 268 g/mol. The highest BCUT2D eigenvalue weighted by Crippen LogP contribution is 2.29. The second-order valence-electron chi connectivity index (χ2n) is 4.66. The number of carbonyl (C=O) groups is 1. The first kappa shape index (κ1) is 13.2. The van der Waals surface area contributed by atoms with Crippen LogP contribution in [0, 0.1) is 5.92 Å². The number of amides is 1. The van der Waals surface area contributed by atoms with E-state index in [4.69, 9.17) is 22.1 Å². The molecule has 4 nitrogen and oxygen atoms in total. The van der Waals surface area contributed by atoms with Gasteiger partial charge in [0.1, 0.15) is 6.10 Å². The fourth-order valence-corrected chi connectivity index (χ4v) is 2.29. The molecule has 2 N–H and O–H groups in total. The minimum absolute atomic E-state index is 0.0750. The Hall–Kier alpha value is -1.26. The molecule has 1 fully saturated rings. The molecule has 2 atom stereocenters. The molecule has 1 aromatic carbocycles. The summed E-state index contributed by atoms with van der Waals surface area (Å²) in [6.07, 6.45) is 0.531. The maximum atomic E-state index is 12.3. The summed E-state index contributed by atoms with van der Waals surface area (Å²) in [6, 6.07) is 5.09. The van der Waals surface area contributed by atoms with Crippen LogP contribution >= 0.6 is 11.6 Å². The number of hydrogen-bond acceptors (Lipinski definition) is 3. The molecule has 0 saturated carbocycles. The summed E-state index contributed by atoms with van der Waals surface area (Å²) < 4.78 is 5.47. The van der Waals surface area contributed by atoms with Gasteiger partial charge in [-0.25, -0.2) is 0 Å². The van der Waals surface area contributed by atoms with Crippen molar-refractivity contribution < 1.29 is 9.53 Å². The van der Waals surface area contributed by atoms with Gasteiger partial charge in [-0.1, -0.05) is 18.5 Å². The zero-order valence-electron chi connectivity index (χ0n) is 10.5. The second kappa shape index (κ2) is 5.16. The molecule has 0 aromatic heterocycles. The topological polar surface area (TPSA) is 55.6 Å². The summed E-state index contributed by atoms with van der Waals surface area (Å²) in [7, 11) is 1.69. The van der Waals surface area contributed by atoms with Gasteiger partial charge >= 0.3 is 0 Å². The van der Waals surface area contributed by atoms with Crippen molar-refractivity contribution in [2.75, 3.05) is 24.3 Å². The van der Waals surface area contributed by atoms with E-state index >= 15 is 0 Å². The lowest BCUT2D eigenvalue weighted by molar-refractivity contribution is -0.128. The molecule has 1 aliphatic heterocycles. The molecule has 2 unspecified atom stereocenters. The molecule has 18 heavy (non-hydrogen) atoms. The predicted molar refractivity (Wildman–Crippen MR) is 72.8 cm³/mol. The number of halogens is 1. The van der Waals surface area contributed by atoms with E-state index in [2.05, 4.69) is 0 Å². The van der Waals surface area contributed by atoms with E-state index in [1.54, 1.807) is 25.2 Å². The largest absolute Gasteiger partial charge is 0.397 e. The maximum Gasteiger partial charge on any atom is 0.256 e. The maximum absolute atomic E-state index is 12.3. The number of likely N-dealkylation sites (N-methyl/N-ethyl adjacent to an activating group) is 1. The lowest BCUT2D eigenvalue weighted by Gasteiger charge is -2.24. The van der Waals surface area contributed by atoms with Crippen LogP contribution in [-0.2, 0) is 9.53 Å². The van der Waals surface area contributed by atoms with E-state index in [-0.39, 0.29) is 17.9 Å². The lowest BCUT2D eigenvalue weighted by Crippen LogP contribution is -2.39. The third-order valence-electron chi connectivity index (χ3n) is 3.32. The van der Waals surface area contributed by atoms with Crippen LogP contribution in [0.1, 0.15) is 13.3 Å². The van der Waals surface area contributed by atoms with Crippen LogP contribution in [0.15, 0.2) is 18.2 Å². The number of benzene rings is 1. The Morgan fingerprint density at radius 3 is 2.89 bits per heavy atom. The molecule has 0 aliphatic carbocycles. The van der Waals surface area contributed by atoms with Gasteiger partial charge in [-0.05, 0) is 30.5 Å². The number of carbonyl (C=O) groups excluding carboxylic acids is 1. The average molecular weight is 269 g/mol. The van der Waals surface area contributed by atoms with Crippen LogP contribution in [0.5, 0.6) is 0 Å². The molecule has 5 heteroatoms. The highest BCUT2D eigenvalue weighted by Gasteiger charge is 2.33. The Morgan fingerprint density at radius 2 is 2.28 bits per heavy atom. The van der Waals surface area contributed by atoms with Gasteiger partial charge in [-0.2, -0.15) is 0 Å². The molecular weight excluding hydrogens is 252 g/mol. The normalized spacial score (nSPS) is 23.1. The van der Waals surface area contributed by atoms with Gasteiger partial charge in [0.15, 0.2) is 0 Å². The van der Waals surface area contributed by atoms with E-state index in [0.717, 1.165) is 6.42 Å². The first-order valence-electron chi connectivity index (χ1n) is 5.95. The van der Waals surface area contributed by atoms with Gasteiger partial charge < -0.3 is 15.4 Å². The van der Waals surface area contributed by atoms with Crippen molar-refractivity contribution >= 4 is 28.9 Å². The van der Waals surface area contributed by atoms with E-state index in [9.17, 15) is 4.79 Å². The van der Waals surface area contributed by atoms with Crippen LogP contribution < -0.4 is 10.6 Å². The molecular formula is C13H17ClN2O2. The van der Waals surface area contributed by atoms with Gasteiger partial charge in [0.25, 0.3) is 5.91 Å². The van der Waals surface area contributed by atoms with E-state index in [0.29, 0.717) is 23.0 Å². The van der Waals surface area contributed by atoms with Gasteiger partial charge in [0.2, 0.25) is 0 Å². The van der Waals surface area contributed by atoms with E-state index in [1.165, 1.54) is 4.90 Å². The standard InChI is InChI=1S/C13H17ClN2O2/c1-8-5-6-18-12(8)13(17)16(2)11-7-9(14)3-4-10(11)15/h3-4,7-8,12H,5-6,15H2,1-2H3. The molecule has 98 valence electrons.